The Morgan fingerprint density at radius 1 is 1.53 bits per heavy atom. The number of hydrogen-bond donors (Lipinski definition) is 3. The highest BCUT2D eigenvalue weighted by molar-refractivity contribution is 5.94. The summed E-state index contributed by atoms with van der Waals surface area (Å²) < 4.78 is 1.62. The van der Waals surface area contributed by atoms with Crippen molar-refractivity contribution in [1.82, 2.24) is 19.7 Å². The number of nitrogens with zero attached hydrogens (tertiary/aromatic N) is 4. The molecule has 8 heteroatoms. The van der Waals surface area contributed by atoms with Crippen molar-refractivity contribution < 1.29 is 9.90 Å². The van der Waals surface area contributed by atoms with Crippen LogP contribution in [0.25, 0.3) is 0 Å². The number of carboxylic acids is 1. The average molecular weight is 262 g/mol. The minimum Gasteiger partial charge on any atom is -0.478 e. The van der Waals surface area contributed by atoms with Crippen LogP contribution in [0.4, 0.5) is 11.5 Å². The molecule has 0 aliphatic rings. The number of rotatable bonds is 5. The molecule has 0 fully saturated rings. The van der Waals surface area contributed by atoms with Crippen LogP contribution in [0.3, 0.4) is 0 Å². The van der Waals surface area contributed by atoms with Crippen LogP contribution >= 0.6 is 0 Å². The number of carbonyl (C=O) groups is 1. The first-order valence-electron chi connectivity index (χ1n) is 5.63. The lowest BCUT2D eigenvalue weighted by Gasteiger charge is -2.06. The van der Waals surface area contributed by atoms with E-state index in [2.05, 4.69) is 20.4 Å². The number of hydrogen-bond acceptors (Lipinski definition) is 6. The van der Waals surface area contributed by atoms with Crippen molar-refractivity contribution in [3.8, 4) is 0 Å². The Bertz CT molecular complexity index is 595. The van der Waals surface area contributed by atoms with Gasteiger partial charge in [0.25, 0.3) is 0 Å². The molecule has 0 atom stereocenters. The van der Waals surface area contributed by atoms with Crippen molar-refractivity contribution in [2.24, 2.45) is 7.05 Å². The van der Waals surface area contributed by atoms with E-state index in [0.29, 0.717) is 24.6 Å². The molecule has 0 aliphatic carbocycles. The van der Waals surface area contributed by atoms with Crippen LogP contribution in [0.2, 0.25) is 0 Å². The van der Waals surface area contributed by atoms with Crippen molar-refractivity contribution >= 4 is 17.5 Å². The number of aromatic carboxylic acids is 1. The van der Waals surface area contributed by atoms with Crippen molar-refractivity contribution in [1.29, 1.82) is 0 Å². The molecule has 2 aromatic rings. The number of nitrogen functional groups attached to an aromatic ring is 1. The van der Waals surface area contributed by atoms with Gasteiger partial charge in [-0.1, -0.05) is 0 Å². The molecule has 0 unspecified atom stereocenters. The summed E-state index contributed by atoms with van der Waals surface area (Å²) in [6.45, 7) is 0.556. The molecule has 0 aromatic carbocycles. The number of aryl methyl sites for hydroxylation is 1. The Labute approximate surface area is 109 Å². The third kappa shape index (κ3) is 3.18. The number of carboxylic acid groups (broad SMARTS) is 1. The second-order valence-electron chi connectivity index (χ2n) is 3.97. The number of anilines is 2. The highest BCUT2D eigenvalue weighted by atomic mass is 16.4. The Morgan fingerprint density at radius 3 is 2.95 bits per heavy atom. The molecule has 100 valence electrons. The van der Waals surface area contributed by atoms with Crippen LogP contribution in [0.5, 0.6) is 0 Å². The minimum absolute atomic E-state index is 0.0356. The summed E-state index contributed by atoms with van der Waals surface area (Å²) in [6, 6.07) is 1.41. The molecule has 2 rings (SSSR count). The van der Waals surface area contributed by atoms with E-state index in [1.807, 2.05) is 0 Å². The van der Waals surface area contributed by atoms with Crippen LogP contribution in [-0.2, 0) is 13.5 Å². The third-order valence-electron chi connectivity index (χ3n) is 2.47. The maximum Gasteiger partial charge on any atom is 0.337 e. The lowest BCUT2D eigenvalue weighted by Crippen LogP contribution is -2.10. The van der Waals surface area contributed by atoms with Crippen LogP contribution in [0.15, 0.2) is 18.6 Å². The van der Waals surface area contributed by atoms with Crippen molar-refractivity contribution in [2.45, 2.75) is 6.42 Å². The number of aromatic nitrogens is 4. The lowest BCUT2D eigenvalue weighted by atomic mass is 10.2. The van der Waals surface area contributed by atoms with Crippen molar-refractivity contribution in [3.05, 3.63) is 30.0 Å². The summed E-state index contributed by atoms with van der Waals surface area (Å²) >= 11 is 0. The van der Waals surface area contributed by atoms with Gasteiger partial charge in [-0.3, -0.25) is 4.68 Å². The molecule has 4 N–H and O–H groups in total. The van der Waals surface area contributed by atoms with E-state index in [1.54, 1.807) is 18.1 Å². The molecule has 0 saturated heterocycles. The van der Waals surface area contributed by atoms with Crippen LogP contribution in [0, 0.1) is 0 Å². The van der Waals surface area contributed by atoms with Crippen LogP contribution in [0.1, 0.15) is 16.2 Å². The fourth-order valence-electron chi connectivity index (χ4n) is 1.55. The first-order valence-corrected chi connectivity index (χ1v) is 5.63. The monoisotopic (exact) mass is 262 g/mol. The summed E-state index contributed by atoms with van der Waals surface area (Å²) in [5.41, 5.74) is 5.70. The van der Waals surface area contributed by atoms with Crippen LogP contribution < -0.4 is 11.1 Å². The van der Waals surface area contributed by atoms with E-state index in [4.69, 9.17) is 10.8 Å². The van der Waals surface area contributed by atoms with Gasteiger partial charge in [-0.15, -0.1) is 0 Å². The molecule has 2 aromatic heterocycles. The number of nitrogens with one attached hydrogen (secondary N) is 1. The molecule has 0 bridgehead atoms. The number of nitrogens with two attached hydrogens (primary N) is 1. The zero-order chi connectivity index (χ0) is 13.8. The van der Waals surface area contributed by atoms with Gasteiger partial charge < -0.3 is 16.2 Å². The zero-order valence-electron chi connectivity index (χ0n) is 10.4. The molecule has 0 aliphatic heterocycles. The average Bonchev–Trinajstić information content (AvgIpc) is 2.77. The summed E-state index contributed by atoms with van der Waals surface area (Å²) in [5.74, 6) is 0.0979. The summed E-state index contributed by atoms with van der Waals surface area (Å²) in [7, 11) is 1.80. The second kappa shape index (κ2) is 5.34. The van der Waals surface area contributed by atoms with E-state index in [1.165, 1.54) is 12.3 Å². The molecule has 0 radical (unpaired) electrons. The van der Waals surface area contributed by atoms with Crippen molar-refractivity contribution in [2.75, 3.05) is 17.6 Å². The Balaban J connectivity index is 1.96. The highest BCUT2D eigenvalue weighted by Gasteiger charge is 2.09. The molecule has 0 spiro atoms. The van der Waals surface area contributed by atoms with Gasteiger partial charge in [0.05, 0.1) is 17.4 Å². The second-order valence-corrected chi connectivity index (χ2v) is 3.97. The normalized spacial score (nSPS) is 10.4. The first-order chi connectivity index (χ1) is 9.06. The van der Waals surface area contributed by atoms with E-state index in [0.717, 1.165) is 0 Å². The Kier molecular flexibility index (Phi) is 3.60. The van der Waals surface area contributed by atoms with E-state index >= 15 is 0 Å². The molecular weight excluding hydrogens is 248 g/mol. The predicted molar refractivity (Wildman–Crippen MR) is 68.8 cm³/mol. The Hall–Kier alpha value is -2.64. The van der Waals surface area contributed by atoms with Gasteiger partial charge in [0, 0.05) is 20.0 Å². The molecular formula is C11H14N6O2. The zero-order valence-corrected chi connectivity index (χ0v) is 10.4. The topological polar surface area (TPSA) is 119 Å². The van der Waals surface area contributed by atoms with Crippen LogP contribution in [-0.4, -0.2) is 37.4 Å². The maximum absolute atomic E-state index is 10.9. The van der Waals surface area contributed by atoms with Crippen molar-refractivity contribution in [3.63, 3.8) is 0 Å². The molecule has 0 saturated carbocycles. The summed E-state index contributed by atoms with van der Waals surface area (Å²) in [6.07, 6.45) is 3.57. The molecule has 0 amide bonds. The fraction of sp³-hybridized carbons (Fsp3) is 0.273. The fourth-order valence-corrected chi connectivity index (χ4v) is 1.55. The van der Waals surface area contributed by atoms with E-state index < -0.39 is 5.97 Å². The predicted octanol–water partition coefficient (Wildman–Crippen LogP) is 0.145. The summed E-state index contributed by atoms with van der Waals surface area (Å²) in [4.78, 5) is 19.0. The Morgan fingerprint density at radius 2 is 2.32 bits per heavy atom. The van der Waals surface area contributed by atoms with Gasteiger partial charge in [0.2, 0.25) is 0 Å². The highest BCUT2D eigenvalue weighted by Crippen LogP contribution is 2.14. The van der Waals surface area contributed by atoms with Gasteiger partial charge in [-0.2, -0.15) is 5.10 Å². The standard InChI is InChI=1S/C11H14N6O2/c1-17-6-15-9(16-17)2-3-13-10-4-7(11(18)19)8(12)5-14-10/h4-6H,2-3,12H2,1H3,(H,13,14)(H,18,19). The maximum atomic E-state index is 10.9. The SMILES string of the molecule is Cn1cnc(CCNc2cc(C(=O)O)c(N)cn2)n1. The first kappa shape index (κ1) is 12.8. The van der Waals surface area contributed by atoms with Gasteiger partial charge >= 0.3 is 5.97 Å². The minimum atomic E-state index is -1.07. The molecule has 2 heterocycles. The van der Waals surface area contributed by atoms with Gasteiger partial charge in [-0.05, 0) is 6.07 Å². The quantitative estimate of drug-likeness (QED) is 0.701. The van der Waals surface area contributed by atoms with Gasteiger partial charge in [0.1, 0.15) is 12.1 Å². The van der Waals surface area contributed by atoms with E-state index in [9.17, 15) is 4.79 Å². The summed E-state index contributed by atoms with van der Waals surface area (Å²) in [5, 5.41) is 16.1. The van der Waals surface area contributed by atoms with E-state index in [-0.39, 0.29) is 11.3 Å². The lowest BCUT2D eigenvalue weighted by molar-refractivity contribution is 0.0698. The van der Waals surface area contributed by atoms with Gasteiger partial charge in [-0.25, -0.2) is 14.8 Å². The molecule has 19 heavy (non-hydrogen) atoms. The number of pyridine rings is 1. The molecule has 8 nitrogen and oxygen atoms in total. The third-order valence-corrected chi connectivity index (χ3v) is 2.47. The largest absolute Gasteiger partial charge is 0.478 e. The smallest absolute Gasteiger partial charge is 0.337 e. The van der Waals surface area contributed by atoms with Gasteiger partial charge in [0.15, 0.2) is 5.82 Å².